The van der Waals surface area contributed by atoms with Gasteiger partial charge in [0.2, 0.25) is 0 Å². The Balaban J connectivity index is 2.19. The zero-order valence-corrected chi connectivity index (χ0v) is 10.7. The zero-order valence-electron chi connectivity index (χ0n) is 9.13. The lowest BCUT2D eigenvalue weighted by Gasteiger charge is -2.37. The quantitative estimate of drug-likeness (QED) is 0.883. The molecule has 1 fully saturated rings. The molecular formula is C12H18BrNO. The largest absolute Gasteiger partial charge is 0.466 e. The molecule has 2 N–H and O–H groups in total. The highest BCUT2D eigenvalue weighted by molar-refractivity contribution is 9.10. The molecule has 1 aromatic rings. The van der Waals surface area contributed by atoms with Gasteiger partial charge in [0.1, 0.15) is 5.76 Å². The minimum atomic E-state index is 0.0159. The van der Waals surface area contributed by atoms with Crippen LogP contribution < -0.4 is 5.73 Å². The molecule has 2 nitrogen and oxygen atoms in total. The molecule has 0 aromatic carbocycles. The average Bonchev–Trinajstić information content (AvgIpc) is 2.64. The predicted octanol–water partition coefficient (Wildman–Crippen LogP) is 4.01. The van der Waals surface area contributed by atoms with Crippen molar-refractivity contribution in [3.63, 3.8) is 0 Å². The molecule has 15 heavy (non-hydrogen) atoms. The smallest absolute Gasteiger partial charge is 0.135 e. The van der Waals surface area contributed by atoms with E-state index >= 15 is 0 Å². The highest BCUT2D eigenvalue weighted by atomic mass is 79.9. The molecule has 1 heterocycles. The first-order valence-corrected chi connectivity index (χ1v) is 6.41. The number of furan rings is 1. The first kappa shape index (κ1) is 11.2. The third-order valence-electron chi connectivity index (χ3n) is 3.67. The molecule has 84 valence electrons. The lowest BCUT2D eigenvalue weighted by molar-refractivity contribution is 0.154. The van der Waals surface area contributed by atoms with E-state index in [0.29, 0.717) is 0 Å². The van der Waals surface area contributed by atoms with Gasteiger partial charge in [-0.05, 0) is 40.3 Å². The van der Waals surface area contributed by atoms with Crippen molar-refractivity contribution in [2.45, 2.75) is 45.1 Å². The maximum atomic E-state index is 6.33. The van der Waals surface area contributed by atoms with Gasteiger partial charge in [0, 0.05) is 0 Å². The second-order valence-corrected chi connectivity index (χ2v) is 5.68. The SMILES string of the molecule is CC1(C(N)c2occc2Br)CCCCC1. The Morgan fingerprint density at radius 3 is 2.60 bits per heavy atom. The summed E-state index contributed by atoms with van der Waals surface area (Å²) in [5.74, 6) is 0.902. The summed E-state index contributed by atoms with van der Waals surface area (Å²) in [6.07, 6.45) is 8.06. The molecule has 2 rings (SSSR count). The minimum absolute atomic E-state index is 0.0159. The van der Waals surface area contributed by atoms with E-state index < -0.39 is 0 Å². The molecule has 0 aliphatic heterocycles. The van der Waals surface area contributed by atoms with Gasteiger partial charge in [-0.3, -0.25) is 0 Å². The van der Waals surface area contributed by atoms with Crippen molar-refractivity contribution in [3.05, 3.63) is 22.6 Å². The van der Waals surface area contributed by atoms with Crippen molar-refractivity contribution in [1.29, 1.82) is 0 Å². The molecule has 0 radical (unpaired) electrons. The van der Waals surface area contributed by atoms with E-state index in [4.69, 9.17) is 10.2 Å². The maximum Gasteiger partial charge on any atom is 0.135 e. The van der Waals surface area contributed by atoms with Crippen molar-refractivity contribution in [1.82, 2.24) is 0 Å². The summed E-state index contributed by atoms with van der Waals surface area (Å²) in [6, 6.07) is 1.93. The van der Waals surface area contributed by atoms with Crippen molar-refractivity contribution in [2.75, 3.05) is 0 Å². The monoisotopic (exact) mass is 271 g/mol. The number of halogens is 1. The second-order valence-electron chi connectivity index (χ2n) is 4.83. The van der Waals surface area contributed by atoms with E-state index in [-0.39, 0.29) is 11.5 Å². The van der Waals surface area contributed by atoms with Crippen LogP contribution in [0.15, 0.2) is 21.2 Å². The Hall–Kier alpha value is -0.280. The lowest BCUT2D eigenvalue weighted by atomic mass is 9.70. The zero-order chi connectivity index (χ0) is 10.9. The summed E-state index contributed by atoms with van der Waals surface area (Å²) in [5, 5.41) is 0. The molecule has 1 aliphatic carbocycles. The third kappa shape index (κ3) is 2.13. The fourth-order valence-electron chi connectivity index (χ4n) is 2.51. The molecule has 3 heteroatoms. The van der Waals surface area contributed by atoms with Gasteiger partial charge in [-0.1, -0.05) is 26.2 Å². The van der Waals surface area contributed by atoms with Crippen LogP contribution >= 0.6 is 15.9 Å². The third-order valence-corrected chi connectivity index (χ3v) is 4.33. The van der Waals surface area contributed by atoms with Crippen molar-refractivity contribution >= 4 is 15.9 Å². The Bertz CT molecular complexity index is 328. The van der Waals surface area contributed by atoms with E-state index in [1.807, 2.05) is 6.07 Å². The van der Waals surface area contributed by atoms with Crippen LogP contribution in [0.25, 0.3) is 0 Å². The van der Waals surface area contributed by atoms with E-state index in [2.05, 4.69) is 22.9 Å². The highest BCUT2D eigenvalue weighted by Crippen LogP contribution is 2.45. The maximum absolute atomic E-state index is 6.33. The van der Waals surface area contributed by atoms with Gasteiger partial charge in [-0.25, -0.2) is 0 Å². The number of hydrogen-bond donors (Lipinski definition) is 1. The Labute approximate surface area is 99.3 Å². The summed E-state index contributed by atoms with van der Waals surface area (Å²) in [5.41, 5.74) is 6.53. The van der Waals surface area contributed by atoms with Gasteiger partial charge in [0.05, 0.1) is 16.8 Å². The van der Waals surface area contributed by atoms with Gasteiger partial charge in [-0.2, -0.15) is 0 Å². The Morgan fingerprint density at radius 2 is 2.07 bits per heavy atom. The predicted molar refractivity (Wildman–Crippen MR) is 64.5 cm³/mol. The minimum Gasteiger partial charge on any atom is -0.466 e. The Kier molecular flexibility index (Phi) is 3.21. The van der Waals surface area contributed by atoms with Crippen molar-refractivity contribution < 1.29 is 4.42 Å². The topological polar surface area (TPSA) is 39.2 Å². The van der Waals surface area contributed by atoms with Crippen LogP contribution in [-0.4, -0.2) is 0 Å². The lowest BCUT2D eigenvalue weighted by Crippen LogP contribution is -2.33. The van der Waals surface area contributed by atoms with Gasteiger partial charge in [0.15, 0.2) is 0 Å². The number of hydrogen-bond acceptors (Lipinski definition) is 2. The van der Waals surface area contributed by atoms with Gasteiger partial charge in [0.25, 0.3) is 0 Å². The summed E-state index contributed by atoms with van der Waals surface area (Å²) in [7, 11) is 0. The highest BCUT2D eigenvalue weighted by Gasteiger charge is 2.36. The van der Waals surface area contributed by atoms with Crippen LogP contribution in [0.5, 0.6) is 0 Å². The molecule has 0 spiro atoms. The first-order chi connectivity index (χ1) is 7.13. The average molecular weight is 272 g/mol. The van der Waals surface area contributed by atoms with E-state index in [1.54, 1.807) is 6.26 Å². The summed E-state index contributed by atoms with van der Waals surface area (Å²) in [4.78, 5) is 0. The van der Waals surface area contributed by atoms with Crippen LogP contribution in [0.4, 0.5) is 0 Å². The summed E-state index contributed by atoms with van der Waals surface area (Å²) in [6.45, 7) is 2.28. The standard InChI is InChI=1S/C12H18BrNO/c1-12(6-3-2-4-7-12)11(14)10-9(13)5-8-15-10/h5,8,11H,2-4,6-7,14H2,1H3. The van der Waals surface area contributed by atoms with Crippen LogP contribution in [0, 0.1) is 5.41 Å². The molecule has 0 bridgehead atoms. The summed E-state index contributed by atoms with van der Waals surface area (Å²) < 4.78 is 6.47. The molecule has 0 saturated heterocycles. The molecule has 0 amide bonds. The fraction of sp³-hybridized carbons (Fsp3) is 0.667. The molecule has 1 aromatic heterocycles. The normalized spacial score (nSPS) is 22.6. The molecule has 1 atom stereocenters. The van der Waals surface area contributed by atoms with Gasteiger partial charge < -0.3 is 10.2 Å². The van der Waals surface area contributed by atoms with Gasteiger partial charge in [-0.15, -0.1) is 0 Å². The van der Waals surface area contributed by atoms with Crippen molar-refractivity contribution in [3.8, 4) is 0 Å². The fourth-order valence-corrected chi connectivity index (χ4v) is 2.96. The second kappa shape index (κ2) is 4.30. The van der Waals surface area contributed by atoms with E-state index in [0.717, 1.165) is 10.2 Å². The summed E-state index contributed by atoms with van der Waals surface area (Å²) >= 11 is 3.48. The molecule has 1 aliphatic rings. The van der Waals surface area contributed by atoms with Gasteiger partial charge >= 0.3 is 0 Å². The van der Waals surface area contributed by atoms with E-state index in [1.165, 1.54) is 32.1 Å². The molecule has 1 saturated carbocycles. The molecule has 1 unspecified atom stereocenters. The van der Waals surface area contributed by atoms with Crippen LogP contribution in [0.2, 0.25) is 0 Å². The number of rotatable bonds is 2. The van der Waals surface area contributed by atoms with Crippen LogP contribution in [-0.2, 0) is 0 Å². The number of nitrogens with two attached hydrogens (primary N) is 1. The van der Waals surface area contributed by atoms with Crippen LogP contribution in [0.1, 0.15) is 50.8 Å². The molecular weight excluding hydrogens is 254 g/mol. The van der Waals surface area contributed by atoms with E-state index in [9.17, 15) is 0 Å². The Morgan fingerprint density at radius 1 is 1.40 bits per heavy atom. The first-order valence-electron chi connectivity index (χ1n) is 5.62. The van der Waals surface area contributed by atoms with Crippen LogP contribution in [0.3, 0.4) is 0 Å². The van der Waals surface area contributed by atoms with Crippen molar-refractivity contribution in [2.24, 2.45) is 11.1 Å².